The molecule has 0 bridgehead atoms. The molecule has 2 saturated heterocycles. The lowest BCUT2D eigenvalue weighted by Gasteiger charge is -2.29. The zero-order valence-corrected chi connectivity index (χ0v) is 9.90. The lowest BCUT2D eigenvalue weighted by Crippen LogP contribution is -2.36. The van der Waals surface area contributed by atoms with Gasteiger partial charge in [0.2, 0.25) is 0 Å². The third-order valence-electron chi connectivity index (χ3n) is 3.82. The van der Waals surface area contributed by atoms with Gasteiger partial charge in [-0.05, 0) is 36.8 Å². The molecule has 2 fully saturated rings. The molecule has 0 saturated carbocycles. The Morgan fingerprint density at radius 3 is 2.50 bits per heavy atom. The second-order valence-electron chi connectivity index (χ2n) is 6.36. The Balaban J connectivity index is 1.86. The van der Waals surface area contributed by atoms with Crippen molar-refractivity contribution in [3.05, 3.63) is 0 Å². The molecule has 0 aromatic rings. The minimum atomic E-state index is 0.542. The lowest BCUT2D eigenvalue weighted by atomic mass is 9.89. The molecule has 0 aromatic carbocycles. The Bertz CT molecular complexity index is 204. The van der Waals surface area contributed by atoms with Gasteiger partial charge in [-0.25, -0.2) is 0 Å². The molecule has 2 aliphatic rings. The van der Waals surface area contributed by atoms with Crippen molar-refractivity contribution >= 4 is 0 Å². The second-order valence-corrected chi connectivity index (χ2v) is 6.36. The van der Waals surface area contributed by atoms with Gasteiger partial charge in [-0.2, -0.15) is 0 Å². The van der Waals surface area contributed by atoms with Crippen LogP contribution in [0.5, 0.6) is 0 Å². The van der Waals surface area contributed by atoms with Crippen LogP contribution in [0, 0.1) is 10.8 Å². The van der Waals surface area contributed by atoms with E-state index in [0.717, 1.165) is 0 Å². The molecule has 2 heteroatoms. The second kappa shape index (κ2) is 3.49. The number of rotatable bonds is 2. The van der Waals surface area contributed by atoms with Gasteiger partial charge in [0.15, 0.2) is 0 Å². The largest absolute Gasteiger partial charge is 0.316 e. The van der Waals surface area contributed by atoms with Crippen molar-refractivity contribution in [2.75, 3.05) is 32.7 Å². The Morgan fingerprint density at radius 2 is 2.00 bits per heavy atom. The summed E-state index contributed by atoms with van der Waals surface area (Å²) < 4.78 is 0. The summed E-state index contributed by atoms with van der Waals surface area (Å²) in [4.78, 5) is 2.66. The number of nitrogens with one attached hydrogen (secondary N) is 1. The molecule has 0 aliphatic carbocycles. The quantitative estimate of drug-likeness (QED) is 0.723. The zero-order chi connectivity index (χ0) is 10.2. The molecular weight excluding hydrogens is 172 g/mol. The molecule has 14 heavy (non-hydrogen) atoms. The third kappa shape index (κ3) is 2.29. The number of hydrogen-bond acceptors (Lipinski definition) is 2. The summed E-state index contributed by atoms with van der Waals surface area (Å²) in [5, 5.41) is 3.48. The summed E-state index contributed by atoms with van der Waals surface area (Å²) in [5.41, 5.74) is 1.10. The van der Waals surface area contributed by atoms with Gasteiger partial charge in [0, 0.05) is 19.6 Å². The maximum Gasteiger partial charge on any atom is 0.00482 e. The van der Waals surface area contributed by atoms with Crippen molar-refractivity contribution < 1.29 is 0 Å². The number of likely N-dealkylation sites (tertiary alicyclic amines) is 1. The van der Waals surface area contributed by atoms with Gasteiger partial charge >= 0.3 is 0 Å². The van der Waals surface area contributed by atoms with Crippen molar-refractivity contribution in [3.8, 4) is 0 Å². The average molecular weight is 196 g/mol. The highest BCUT2D eigenvalue weighted by atomic mass is 15.2. The highest BCUT2D eigenvalue weighted by Crippen LogP contribution is 2.33. The van der Waals surface area contributed by atoms with Crippen molar-refractivity contribution in [1.29, 1.82) is 0 Å². The van der Waals surface area contributed by atoms with Gasteiger partial charge < -0.3 is 10.2 Å². The molecule has 0 radical (unpaired) electrons. The van der Waals surface area contributed by atoms with E-state index in [0.29, 0.717) is 10.8 Å². The van der Waals surface area contributed by atoms with E-state index in [1.165, 1.54) is 45.6 Å². The predicted molar refractivity (Wildman–Crippen MR) is 60.4 cm³/mol. The van der Waals surface area contributed by atoms with Crippen LogP contribution in [0.15, 0.2) is 0 Å². The third-order valence-corrected chi connectivity index (χ3v) is 3.82. The van der Waals surface area contributed by atoms with Crippen LogP contribution >= 0.6 is 0 Å². The van der Waals surface area contributed by atoms with Gasteiger partial charge in [-0.15, -0.1) is 0 Å². The normalized spacial score (nSPS) is 37.9. The molecule has 0 amide bonds. The Morgan fingerprint density at radius 1 is 1.21 bits per heavy atom. The molecule has 2 heterocycles. The minimum absolute atomic E-state index is 0.542. The summed E-state index contributed by atoms with van der Waals surface area (Å²) in [5.74, 6) is 0. The SMILES string of the molecule is CC1(C)CCN(CC2(C)CCNC2)C1. The molecular formula is C12H24N2. The fourth-order valence-electron chi connectivity index (χ4n) is 2.90. The molecule has 1 atom stereocenters. The molecule has 82 valence electrons. The van der Waals surface area contributed by atoms with Gasteiger partial charge in [-0.1, -0.05) is 20.8 Å². The predicted octanol–water partition coefficient (Wildman–Crippen LogP) is 1.72. The minimum Gasteiger partial charge on any atom is -0.316 e. The average Bonchev–Trinajstić information content (AvgIpc) is 2.59. The van der Waals surface area contributed by atoms with Crippen LogP contribution in [0.25, 0.3) is 0 Å². The van der Waals surface area contributed by atoms with Crippen LogP contribution in [0.4, 0.5) is 0 Å². The molecule has 0 spiro atoms. The fourth-order valence-corrected chi connectivity index (χ4v) is 2.90. The molecule has 0 aromatic heterocycles. The highest BCUT2D eigenvalue weighted by molar-refractivity contribution is 4.90. The first-order chi connectivity index (χ1) is 6.49. The van der Waals surface area contributed by atoms with Crippen LogP contribution in [-0.2, 0) is 0 Å². The van der Waals surface area contributed by atoms with Crippen LogP contribution in [-0.4, -0.2) is 37.6 Å². The van der Waals surface area contributed by atoms with Crippen LogP contribution in [0.2, 0.25) is 0 Å². The number of hydrogen-bond donors (Lipinski definition) is 1. The van der Waals surface area contributed by atoms with Crippen molar-refractivity contribution in [2.24, 2.45) is 10.8 Å². The van der Waals surface area contributed by atoms with Crippen molar-refractivity contribution in [2.45, 2.75) is 33.6 Å². The van der Waals surface area contributed by atoms with Gasteiger partial charge in [0.25, 0.3) is 0 Å². The van der Waals surface area contributed by atoms with E-state index in [1.807, 2.05) is 0 Å². The fraction of sp³-hybridized carbons (Fsp3) is 1.00. The summed E-state index contributed by atoms with van der Waals surface area (Å²) in [6, 6.07) is 0. The standard InChI is InChI=1S/C12H24N2/c1-11(2)5-7-14(9-11)10-12(3)4-6-13-8-12/h13H,4-10H2,1-3H3. The van der Waals surface area contributed by atoms with Gasteiger partial charge in [-0.3, -0.25) is 0 Å². The van der Waals surface area contributed by atoms with E-state index in [2.05, 4.69) is 31.0 Å². The molecule has 1 N–H and O–H groups in total. The first-order valence-electron chi connectivity index (χ1n) is 5.92. The van der Waals surface area contributed by atoms with Crippen LogP contribution in [0.1, 0.15) is 33.6 Å². The lowest BCUT2D eigenvalue weighted by molar-refractivity contribution is 0.193. The highest BCUT2D eigenvalue weighted by Gasteiger charge is 2.35. The zero-order valence-electron chi connectivity index (χ0n) is 9.90. The summed E-state index contributed by atoms with van der Waals surface area (Å²) in [6.45, 7) is 13.5. The van der Waals surface area contributed by atoms with E-state index in [9.17, 15) is 0 Å². The first-order valence-corrected chi connectivity index (χ1v) is 5.92. The molecule has 2 rings (SSSR count). The smallest absolute Gasteiger partial charge is 0.00482 e. The van der Waals surface area contributed by atoms with Crippen molar-refractivity contribution in [3.63, 3.8) is 0 Å². The van der Waals surface area contributed by atoms with E-state index in [1.54, 1.807) is 0 Å². The summed E-state index contributed by atoms with van der Waals surface area (Å²) in [7, 11) is 0. The van der Waals surface area contributed by atoms with E-state index < -0.39 is 0 Å². The maximum absolute atomic E-state index is 3.48. The van der Waals surface area contributed by atoms with E-state index >= 15 is 0 Å². The first kappa shape index (κ1) is 10.4. The number of nitrogens with zero attached hydrogens (tertiary/aromatic N) is 1. The van der Waals surface area contributed by atoms with E-state index in [4.69, 9.17) is 0 Å². The Hall–Kier alpha value is -0.0800. The maximum atomic E-state index is 3.48. The Kier molecular flexibility index (Phi) is 2.61. The monoisotopic (exact) mass is 196 g/mol. The van der Waals surface area contributed by atoms with Crippen LogP contribution in [0.3, 0.4) is 0 Å². The van der Waals surface area contributed by atoms with Gasteiger partial charge in [0.05, 0.1) is 0 Å². The summed E-state index contributed by atoms with van der Waals surface area (Å²) in [6.07, 6.45) is 2.72. The molecule has 1 unspecified atom stereocenters. The summed E-state index contributed by atoms with van der Waals surface area (Å²) >= 11 is 0. The van der Waals surface area contributed by atoms with Crippen molar-refractivity contribution in [1.82, 2.24) is 10.2 Å². The topological polar surface area (TPSA) is 15.3 Å². The Labute approximate surface area is 88.1 Å². The van der Waals surface area contributed by atoms with E-state index in [-0.39, 0.29) is 0 Å². The molecule has 2 nitrogen and oxygen atoms in total. The van der Waals surface area contributed by atoms with Gasteiger partial charge in [0.1, 0.15) is 0 Å². The molecule has 2 aliphatic heterocycles. The van der Waals surface area contributed by atoms with Crippen LogP contribution < -0.4 is 5.32 Å².